The van der Waals surface area contributed by atoms with Gasteiger partial charge in [-0.2, -0.15) is 0 Å². The van der Waals surface area contributed by atoms with Crippen LogP contribution in [-0.2, 0) is 0 Å². The van der Waals surface area contributed by atoms with E-state index < -0.39 is 0 Å². The third-order valence-corrected chi connectivity index (χ3v) is 17.8. The van der Waals surface area contributed by atoms with E-state index in [4.69, 9.17) is 0 Å². The lowest BCUT2D eigenvalue weighted by Crippen LogP contribution is -2.11. The number of hydrogen-bond acceptors (Lipinski definition) is 8. The second-order valence-corrected chi connectivity index (χ2v) is 20.0. The lowest BCUT2D eigenvalue weighted by atomic mass is 10.2. The Morgan fingerprint density at radius 2 is 0.643 bits per heavy atom. The highest BCUT2D eigenvalue weighted by atomic mass is 32.2. The van der Waals surface area contributed by atoms with E-state index in [2.05, 4.69) is 111 Å². The summed E-state index contributed by atoms with van der Waals surface area (Å²) in [6.45, 7) is 4.52. The van der Waals surface area contributed by atoms with E-state index in [0.29, 0.717) is 21.0 Å². The molecule has 8 rings (SSSR count). The maximum atomic E-state index is 2.41. The second-order valence-electron chi connectivity index (χ2n) is 10.4. The average molecular weight is 691 g/mol. The third kappa shape index (κ3) is 5.63. The van der Waals surface area contributed by atoms with Crippen molar-refractivity contribution < 1.29 is 0 Å². The van der Waals surface area contributed by atoms with Crippen molar-refractivity contribution in [2.45, 2.75) is 34.8 Å². The zero-order valence-electron chi connectivity index (χ0n) is 22.8. The van der Waals surface area contributed by atoms with Gasteiger partial charge in [0, 0.05) is 76.9 Å². The molecule has 4 aromatic heterocycles. The van der Waals surface area contributed by atoms with Crippen LogP contribution in [0.1, 0.15) is 13.8 Å². The van der Waals surface area contributed by atoms with E-state index in [0.717, 1.165) is 0 Å². The molecule has 4 aliphatic heterocycles. The molecule has 0 saturated heterocycles. The van der Waals surface area contributed by atoms with Crippen LogP contribution in [0.3, 0.4) is 0 Å². The Morgan fingerprint density at radius 1 is 0.357 bits per heavy atom. The quantitative estimate of drug-likeness (QED) is 0.197. The molecule has 0 nitrogen and oxygen atoms in total. The molecular formula is C34H26S8. The minimum absolute atomic E-state index is 0.470. The predicted molar refractivity (Wildman–Crippen MR) is 198 cm³/mol. The normalized spacial score (nSPS) is 31.8. The molecule has 42 heavy (non-hydrogen) atoms. The molecule has 4 aromatic rings. The second kappa shape index (κ2) is 11.9. The van der Waals surface area contributed by atoms with E-state index in [1.165, 1.54) is 55.9 Å². The van der Waals surface area contributed by atoms with Crippen molar-refractivity contribution in [3.8, 4) is 0 Å². The van der Waals surface area contributed by atoms with Crippen molar-refractivity contribution in [2.24, 2.45) is 0 Å². The van der Waals surface area contributed by atoms with Crippen molar-refractivity contribution in [3.63, 3.8) is 0 Å². The fraction of sp³-hybridized carbons (Fsp3) is 0.176. The summed E-state index contributed by atoms with van der Waals surface area (Å²) in [6, 6.07) is 18.4. The molecule has 0 N–H and O–H groups in total. The predicted octanol–water partition coefficient (Wildman–Crippen LogP) is 8.37. The van der Waals surface area contributed by atoms with Gasteiger partial charge in [0.2, 0.25) is 0 Å². The van der Waals surface area contributed by atoms with Gasteiger partial charge in [0.05, 0.1) is 0 Å². The van der Waals surface area contributed by atoms with Crippen molar-refractivity contribution in [1.29, 1.82) is 0 Å². The molecule has 4 unspecified atom stereocenters. The van der Waals surface area contributed by atoms with Crippen LogP contribution in [0.5, 0.6) is 0 Å². The van der Waals surface area contributed by atoms with Crippen LogP contribution in [0.4, 0.5) is 0 Å². The van der Waals surface area contributed by atoms with Gasteiger partial charge in [-0.1, -0.05) is 36.5 Å². The van der Waals surface area contributed by atoms with Crippen LogP contribution in [0.15, 0.2) is 97.1 Å². The molecule has 4 aliphatic rings. The number of rotatable bonds is 1. The summed E-state index contributed by atoms with van der Waals surface area (Å²) < 4.78 is 11.0. The van der Waals surface area contributed by atoms with Crippen molar-refractivity contribution in [2.75, 3.05) is 0 Å². The Kier molecular flexibility index (Phi) is 7.95. The molecule has 0 radical (unpaired) electrons. The monoisotopic (exact) mass is 690 g/mol. The minimum Gasteiger partial charge on any atom is -0.134 e. The van der Waals surface area contributed by atoms with Crippen LogP contribution >= 0.6 is 92.4 Å². The van der Waals surface area contributed by atoms with E-state index in [1.807, 2.05) is 92.4 Å². The lowest BCUT2D eigenvalue weighted by Gasteiger charge is -2.13. The number of hydrogen-bond donors (Lipinski definition) is 0. The minimum atomic E-state index is 0.470. The average Bonchev–Trinajstić information content (AvgIpc) is 3.81. The zero-order chi connectivity index (χ0) is 28.2. The Morgan fingerprint density at radius 3 is 0.952 bits per heavy atom. The first-order valence-electron chi connectivity index (χ1n) is 13.8. The van der Waals surface area contributed by atoms with Gasteiger partial charge in [0.1, 0.15) is 0 Å². The fourth-order valence-electron chi connectivity index (χ4n) is 5.14. The SMILES string of the molecule is CC1C=C/C(=c2/cc/c(=c3/cc/c(=C4/C=CC(C5C=C/C(=c6/cc/c(=c7/cc/c(=C8/C=CC(C)S8)s7)s6)S5)S4)s3)s2)S1. The summed E-state index contributed by atoms with van der Waals surface area (Å²) in [5, 5.41) is 2.11. The Balaban J connectivity index is 1.03. The highest BCUT2D eigenvalue weighted by Gasteiger charge is 2.27. The highest BCUT2D eigenvalue weighted by Crippen LogP contribution is 2.43. The van der Waals surface area contributed by atoms with Gasteiger partial charge >= 0.3 is 0 Å². The van der Waals surface area contributed by atoms with E-state index in [1.54, 1.807) is 0 Å². The molecule has 0 fully saturated rings. The van der Waals surface area contributed by atoms with E-state index in [-0.39, 0.29) is 0 Å². The highest BCUT2D eigenvalue weighted by molar-refractivity contribution is 8.13. The summed E-state index contributed by atoms with van der Waals surface area (Å²) in [5.41, 5.74) is 0. The van der Waals surface area contributed by atoms with Gasteiger partial charge in [-0.05, 0) is 74.5 Å². The smallest absolute Gasteiger partial charge is 0.0449 e. The van der Waals surface area contributed by atoms with Gasteiger partial charge in [0.15, 0.2) is 0 Å². The Hall–Kier alpha value is -1.36. The van der Waals surface area contributed by atoms with E-state index in [9.17, 15) is 0 Å². The van der Waals surface area contributed by atoms with Crippen molar-refractivity contribution in [1.82, 2.24) is 0 Å². The zero-order valence-corrected chi connectivity index (χ0v) is 29.3. The number of thioether (sulfide) groups is 4. The first-order chi connectivity index (χ1) is 20.6. The molecule has 8 heterocycles. The van der Waals surface area contributed by atoms with Crippen molar-refractivity contribution >= 4 is 112 Å². The van der Waals surface area contributed by atoms with Gasteiger partial charge in [0.25, 0.3) is 0 Å². The van der Waals surface area contributed by atoms with Crippen LogP contribution in [0, 0.1) is 18.1 Å². The standard InChI is InChI=1S/C34H26S8/c1-19-3-5-21(35-19)23-7-9-25(37-23)27-11-13-29(39-27)31-15-17-33(41-31)34-18-16-32(42-34)30-14-12-28(40-30)26-10-8-24(38-26)22-6-4-20(2)36-22/h3-20,33-34H,1-2H3/b23-21+,24-22+,27-25+,28-26+,31-29+,32-30+. The molecule has 0 saturated carbocycles. The Bertz CT molecular complexity index is 2100. The summed E-state index contributed by atoms with van der Waals surface area (Å²) in [5.74, 6) is 0. The summed E-state index contributed by atoms with van der Waals surface area (Å²) in [4.78, 5) is 5.62. The molecule has 0 aromatic carbocycles. The molecule has 8 heteroatoms. The fourth-order valence-corrected chi connectivity index (χ4v) is 14.3. The molecule has 0 aliphatic carbocycles. The molecule has 4 atom stereocenters. The van der Waals surface area contributed by atoms with Crippen molar-refractivity contribution in [3.05, 3.63) is 133 Å². The third-order valence-electron chi connectivity index (χ3n) is 7.27. The maximum Gasteiger partial charge on any atom is 0.0449 e. The topological polar surface area (TPSA) is 0 Å². The Labute approximate surface area is 277 Å². The number of thiophene rings is 4. The molecule has 0 amide bonds. The van der Waals surface area contributed by atoms with Gasteiger partial charge < -0.3 is 0 Å². The molecular weight excluding hydrogens is 665 g/mol. The van der Waals surface area contributed by atoms with Crippen LogP contribution < -0.4 is 18.1 Å². The first kappa shape index (κ1) is 28.1. The van der Waals surface area contributed by atoms with Crippen LogP contribution in [0.25, 0.3) is 19.6 Å². The molecule has 0 bridgehead atoms. The van der Waals surface area contributed by atoms with Gasteiger partial charge in [-0.3, -0.25) is 0 Å². The van der Waals surface area contributed by atoms with E-state index >= 15 is 0 Å². The largest absolute Gasteiger partial charge is 0.134 e. The first-order valence-corrected chi connectivity index (χ1v) is 20.6. The van der Waals surface area contributed by atoms with Crippen LogP contribution in [-0.4, -0.2) is 21.0 Å². The summed E-state index contributed by atoms with van der Waals surface area (Å²) in [6.07, 6.45) is 18.7. The maximum absolute atomic E-state index is 2.41. The summed E-state index contributed by atoms with van der Waals surface area (Å²) >= 11 is 15.6. The summed E-state index contributed by atoms with van der Waals surface area (Å²) in [7, 11) is 0. The molecule has 210 valence electrons. The van der Waals surface area contributed by atoms with Crippen LogP contribution in [0.2, 0.25) is 0 Å². The molecule has 0 spiro atoms. The lowest BCUT2D eigenvalue weighted by molar-refractivity contribution is 1.12. The van der Waals surface area contributed by atoms with Gasteiger partial charge in [-0.15, -0.1) is 92.4 Å². The van der Waals surface area contributed by atoms with Gasteiger partial charge in [-0.25, -0.2) is 0 Å².